The lowest BCUT2D eigenvalue weighted by molar-refractivity contribution is -0.128. The molecule has 4 aromatic rings. The van der Waals surface area contributed by atoms with Crippen molar-refractivity contribution in [3.05, 3.63) is 102 Å². The third-order valence-corrected chi connectivity index (χ3v) is 10.4. The van der Waals surface area contributed by atoms with Gasteiger partial charge in [-0.05, 0) is 66.3 Å². The van der Waals surface area contributed by atoms with Gasteiger partial charge in [0.15, 0.2) is 6.61 Å². The molecule has 0 unspecified atom stereocenters. The van der Waals surface area contributed by atoms with Gasteiger partial charge in [0, 0.05) is 37.3 Å². The van der Waals surface area contributed by atoms with Crippen molar-refractivity contribution in [2.75, 3.05) is 13.1 Å². The lowest BCUT2D eigenvalue weighted by Gasteiger charge is -2.41. The fourth-order valence-electron chi connectivity index (χ4n) is 6.05. The zero-order valence-corrected chi connectivity index (χ0v) is 28.1. The molecule has 2 bridgehead atoms. The van der Waals surface area contributed by atoms with Crippen LogP contribution < -0.4 is 15.4 Å². The summed E-state index contributed by atoms with van der Waals surface area (Å²) in [5.74, 6) is 1.11. The molecule has 2 N–H and O–H groups in total. The Hall–Kier alpha value is -2.82. The maximum Gasteiger partial charge on any atom is 0.264 e. The Morgan fingerprint density at radius 3 is 2.48 bits per heavy atom. The number of hydrogen-bond donors (Lipinski definition) is 2. The lowest BCUT2D eigenvalue weighted by Crippen LogP contribution is -2.60. The van der Waals surface area contributed by atoms with E-state index < -0.39 is 0 Å². The van der Waals surface area contributed by atoms with Gasteiger partial charge in [0.25, 0.3) is 11.8 Å². The number of fused-ring (bicyclic) bond motifs is 2. The second-order valence-electron chi connectivity index (χ2n) is 11.6. The smallest absolute Gasteiger partial charge is 0.264 e. The number of nitrogens with one attached hydrogen (secondary N) is 2. The lowest BCUT2D eigenvalue weighted by atomic mass is 9.83. The van der Waals surface area contributed by atoms with E-state index in [-0.39, 0.29) is 47.4 Å². The van der Waals surface area contributed by atoms with Crippen LogP contribution in [0.1, 0.15) is 36.3 Å². The maximum atomic E-state index is 14.4. The van der Waals surface area contributed by atoms with E-state index in [1.165, 1.54) is 0 Å². The van der Waals surface area contributed by atoms with Crippen molar-refractivity contribution in [1.29, 1.82) is 0 Å². The third-order valence-electron chi connectivity index (χ3n) is 8.45. The van der Waals surface area contributed by atoms with Crippen molar-refractivity contribution in [3.8, 4) is 17.1 Å². The zero-order valence-electron chi connectivity index (χ0n) is 24.3. The predicted octanol–water partition coefficient (Wildman–Crippen LogP) is 7.86. The van der Waals surface area contributed by atoms with E-state index in [4.69, 9.17) is 67.3 Å². The Morgan fingerprint density at radius 1 is 0.935 bits per heavy atom. The number of rotatable bonds is 9. The number of hydrogen-bond acceptors (Lipinski definition) is 7. The van der Waals surface area contributed by atoms with Crippen molar-refractivity contribution in [2.45, 2.75) is 50.5 Å². The first-order chi connectivity index (χ1) is 22.3. The fraction of sp³-hybridized carbons (Fsp3) is 0.303. The van der Waals surface area contributed by atoms with Crippen molar-refractivity contribution in [2.24, 2.45) is 0 Å². The number of carbonyl (C=O) groups is 1. The van der Waals surface area contributed by atoms with Gasteiger partial charge in [0.1, 0.15) is 5.75 Å². The van der Waals surface area contributed by atoms with E-state index in [1.54, 1.807) is 18.2 Å². The van der Waals surface area contributed by atoms with Gasteiger partial charge in [-0.2, -0.15) is 4.98 Å². The second kappa shape index (κ2) is 13.4. The second-order valence-corrected chi connectivity index (χ2v) is 13.6. The molecule has 13 heteroatoms. The topological polar surface area (TPSA) is 92.5 Å². The molecule has 2 atom stereocenters. The number of aromatic nitrogens is 2. The third kappa shape index (κ3) is 6.49. The van der Waals surface area contributed by atoms with E-state index in [0.29, 0.717) is 44.5 Å². The SMILES string of the molecule is O=C(C1=C(c2ccc(OCc3nc(-c4c(Cl)ccc(Cl)c4Cl)no3)cc2)C[C@@H]2CNC[C@H]1N2)N(Cc1cccc(Cl)c1Cl)C1CC1. The van der Waals surface area contributed by atoms with Crippen LogP contribution in [-0.2, 0) is 17.9 Å². The molecular weight excluding hydrogens is 692 g/mol. The van der Waals surface area contributed by atoms with Gasteiger partial charge in [-0.25, -0.2) is 0 Å². The van der Waals surface area contributed by atoms with Crippen molar-refractivity contribution >= 4 is 69.5 Å². The molecule has 1 aliphatic carbocycles. The van der Waals surface area contributed by atoms with E-state index in [2.05, 4.69) is 20.8 Å². The van der Waals surface area contributed by atoms with Gasteiger partial charge in [-0.3, -0.25) is 4.79 Å². The van der Waals surface area contributed by atoms with Gasteiger partial charge in [0.2, 0.25) is 5.82 Å². The number of amides is 1. The van der Waals surface area contributed by atoms with Crippen LogP contribution in [0, 0.1) is 0 Å². The zero-order chi connectivity index (χ0) is 31.9. The molecule has 1 saturated carbocycles. The van der Waals surface area contributed by atoms with Crippen molar-refractivity contribution in [3.63, 3.8) is 0 Å². The Kier molecular flexibility index (Phi) is 9.22. The van der Waals surface area contributed by atoms with Gasteiger partial charge < -0.3 is 24.8 Å². The van der Waals surface area contributed by atoms with Crippen LogP contribution in [0.4, 0.5) is 0 Å². The summed E-state index contributed by atoms with van der Waals surface area (Å²) < 4.78 is 11.3. The first kappa shape index (κ1) is 31.8. The number of piperazine rings is 1. The van der Waals surface area contributed by atoms with Crippen LogP contribution in [0.2, 0.25) is 25.1 Å². The normalized spacial score (nSPS) is 19.3. The summed E-state index contributed by atoms with van der Waals surface area (Å²) in [6.45, 7) is 1.96. The standard InChI is InChI=1S/C33H28Cl5N5O3/c34-23-10-11-25(36)31(38)29(23)32-41-27(46-42-32)16-45-21-8-4-17(5-9-21)22-12-19-13-39-14-26(40-19)28(22)33(44)43(20-6-7-20)15-18-2-1-3-24(35)30(18)37/h1-5,8-11,19-20,26,39-40H,6-7,12-16H2/t19-,26-/m1/s1. The highest BCUT2D eigenvalue weighted by Crippen LogP contribution is 2.39. The first-order valence-corrected chi connectivity index (χ1v) is 16.8. The molecule has 2 fully saturated rings. The molecule has 7 rings (SSSR count). The number of ether oxygens (including phenoxy) is 1. The number of carbonyl (C=O) groups excluding carboxylic acids is 1. The molecule has 0 spiro atoms. The Bertz CT molecular complexity index is 1820. The predicted molar refractivity (Wildman–Crippen MR) is 181 cm³/mol. The van der Waals surface area contributed by atoms with E-state index >= 15 is 0 Å². The number of benzene rings is 3. The molecule has 2 aliphatic heterocycles. The Balaban J connectivity index is 1.12. The number of halogens is 5. The summed E-state index contributed by atoms with van der Waals surface area (Å²) in [6.07, 6.45) is 2.66. The van der Waals surface area contributed by atoms with Gasteiger partial charge in [-0.1, -0.05) is 87.4 Å². The van der Waals surface area contributed by atoms with E-state index in [9.17, 15) is 4.79 Å². The molecule has 238 valence electrons. The fourth-order valence-corrected chi connectivity index (χ4v) is 7.12. The molecule has 3 aliphatic rings. The van der Waals surface area contributed by atoms with Gasteiger partial charge in [-0.15, -0.1) is 0 Å². The minimum absolute atomic E-state index is 0.0284. The summed E-state index contributed by atoms with van der Waals surface area (Å²) in [5.41, 5.74) is 4.06. The summed E-state index contributed by atoms with van der Waals surface area (Å²) in [6, 6.07) is 16.8. The summed E-state index contributed by atoms with van der Waals surface area (Å²) >= 11 is 31.6. The molecule has 46 heavy (non-hydrogen) atoms. The average Bonchev–Trinajstić information content (AvgIpc) is 3.80. The van der Waals surface area contributed by atoms with Crippen LogP contribution in [0.25, 0.3) is 17.0 Å². The summed E-state index contributed by atoms with van der Waals surface area (Å²) in [5, 5.41) is 13.1. The minimum Gasteiger partial charge on any atom is -0.484 e. The average molecular weight is 720 g/mol. The van der Waals surface area contributed by atoms with Crippen LogP contribution in [0.5, 0.6) is 5.75 Å². The highest BCUT2D eigenvalue weighted by Gasteiger charge is 2.41. The highest BCUT2D eigenvalue weighted by atomic mass is 35.5. The molecule has 1 aromatic heterocycles. The molecular formula is C33H28Cl5N5O3. The van der Waals surface area contributed by atoms with Crippen LogP contribution in [-0.4, -0.2) is 52.2 Å². The summed E-state index contributed by atoms with van der Waals surface area (Å²) in [7, 11) is 0. The van der Waals surface area contributed by atoms with Gasteiger partial charge >= 0.3 is 0 Å². The quantitative estimate of drug-likeness (QED) is 0.170. The van der Waals surface area contributed by atoms with Crippen LogP contribution >= 0.6 is 58.0 Å². The Labute approximate surface area is 290 Å². The molecule has 3 aromatic carbocycles. The van der Waals surface area contributed by atoms with Crippen molar-refractivity contribution in [1.82, 2.24) is 25.7 Å². The van der Waals surface area contributed by atoms with Crippen LogP contribution in [0.3, 0.4) is 0 Å². The molecule has 3 heterocycles. The monoisotopic (exact) mass is 717 g/mol. The van der Waals surface area contributed by atoms with E-state index in [1.807, 2.05) is 41.3 Å². The number of nitrogens with zero attached hydrogens (tertiary/aromatic N) is 3. The maximum absolute atomic E-state index is 14.4. The first-order valence-electron chi connectivity index (χ1n) is 14.9. The minimum atomic E-state index is -0.102. The van der Waals surface area contributed by atoms with Crippen LogP contribution in [0.15, 0.2) is 64.7 Å². The highest BCUT2D eigenvalue weighted by molar-refractivity contribution is 6.46. The Morgan fingerprint density at radius 2 is 1.70 bits per heavy atom. The molecule has 0 radical (unpaired) electrons. The van der Waals surface area contributed by atoms with E-state index in [0.717, 1.165) is 48.1 Å². The molecule has 1 amide bonds. The largest absolute Gasteiger partial charge is 0.484 e. The molecule has 1 saturated heterocycles. The molecule has 8 nitrogen and oxygen atoms in total. The van der Waals surface area contributed by atoms with Gasteiger partial charge in [0.05, 0.1) is 36.7 Å². The van der Waals surface area contributed by atoms with Crippen molar-refractivity contribution < 1.29 is 14.1 Å². The summed E-state index contributed by atoms with van der Waals surface area (Å²) in [4.78, 5) is 20.7.